The summed E-state index contributed by atoms with van der Waals surface area (Å²) >= 11 is 1.29. The molecule has 1 saturated heterocycles. The Kier molecular flexibility index (Phi) is 3.87. The molecule has 1 amide bonds. The zero-order valence-electron chi connectivity index (χ0n) is 13.0. The standard InChI is InChI=1S/C15H16N6O2S/c1-21-8-9(5-17-21)10-6-16-7-11(10)13(22)18-15-20-19-14(24-15)12-3-2-4-23-12/h2-5,8,10-11,16H,6-7H2,1H3,(H,18,20,22)/t10-,11+/m1/s1. The highest BCUT2D eigenvalue weighted by molar-refractivity contribution is 7.18. The van der Waals surface area contributed by atoms with Crippen LogP contribution in [0.2, 0.25) is 0 Å². The maximum atomic E-state index is 12.6. The van der Waals surface area contributed by atoms with E-state index in [1.54, 1.807) is 17.0 Å². The lowest BCUT2D eigenvalue weighted by Crippen LogP contribution is -2.28. The van der Waals surface area contributed by atoms with Crippen molar-refractivity contribution < 1.29 is 9.21 Å². The van der Waals surface area contributed by atoms with Crippen LogP contribution in [0.15, 0.2) is 35.2 Å². The molecule has 0 bridgehead atoms. The van der Waals surface area contributed by atoms with E-state index in [0.717, 1.165) is 12.1 Å². The first-order chi connectivity index (χ1) is 11.7. The van der Waals surface area contributed by atoms with E-state index in [9.17, 15) is 4.79 Å². The third-order valence-corrected chi connectivity index (χ3v) is 4.94. The van der Waals surface area contributed by atoms with Crippen LogP contribution in [0.5, 0.6) is 0 Å². The van der Waals surface area contributed by atoms with Crippen molar-refractivity contribution in [3.05, 3.63) is 36.4 Å². The summed E-state index contributed by atoms with van der Waals surface area (Å²) < 4.78 is 7.04. The Bertz CT molecular complexity index is 840. The SMILES string of the molecule is Cn1cc([C@H]2CNC[C@@H]2C(=O)Nc2nnc(-c3ccco3)s2)cn1. The fourth-order valence-electron chi connectivity index (χ4n) is 2.91. The molecule has 0 aliphatic carbocycles. The van der Waals surface area contributed by atoms with E-state index < -0.39 is 0 Å². The molecule has 4 rings (SSSR count). The van der Waals surface area contributed by atoms with Gasteiger partial charge in [0.2, 0.25) is 11.0 Å². The van der Waals surface area contributed by atoms with Gasteiger partial charge in [0.15, 0.2) is 10.8 Å². The van der Waals surface area contributed by atoms with Crippen LogP contribution in [0.25, 0.3) is 10.8 Å². The molecule has 0 unspecified atom stereocenters. The number of aromatic nitrogens is 4. The molecule has 0 radical (unpaired) electrons. The summed E-state index contributed by atoms with van der Waals surface area (Å²) in [7, 11) is 1.87. The van der Waals surface area contributed by atoms with E-state index >= 15 is 0 Å². The van der Waals surface area contributed by atoms with Crippen molar-refractivity contribution in [3.8, 4) is 10.8 Å². The van der Waals surface area contributed by atoms with Gasteiger partial charge < -0.3 is 15.1 Å². The topological polar surface area (TPSA) is 97.9 Å². The monoisotopic (exact) mass is 344 g/mol. The Hall–Kier alpha value is -2.52. The van der Waals surface area contributed by atoms with Crippen LogP contribution in [0, 0.1) is 5.92 Å². The van der Waals surface area contributed by atoms with Gasteiger partial charge in [-0.05, 0) is 17.7 Å². The molecule has 3 aromatic rings. The van der Waals surface area contributed by atoms with E-state index in [4.69, 9.17) is 4.42 Å². The Morgan fingerprint density at radius 2 is 2.38 bits per heavy atom. The number of anilines is 1. The summed E-state index contributed by atoms with van der Waals surface area (Å²) in [5.74, 6) is 0.529. The van der Waals surface area contributed by atoms with Crippen LogP contribution >= 0.6 is 11.3 Å². The third kappa shape index (κ3) is 2.83. The molecule has 124 valence electrons. The van der Waals surface area contributed by atoms with Gasteiger partial charge in [-0.1, -0.05) is 11.3 Å². The van der Waals surface area contributed by atoms with E-state index in [0.29, 0.717) is 22.4 Å². The van der Waals surface area contributed by atoms with Gasteiger partial charge in [-0.15, -0.1) is 10.2 Å². The van der Waals surface area contributed by atoms with Gasteiger partial charge >= 0.3 is 0 Å². The summed E-state index contributed by atoms with van der Waals surface area (Å²) in [4.78, 5) is 12.6. The van der Waals surface area contributed by atoms with Crippen molar-refractivity contribution in [2.75, 3.05) is 18.4 Å². The average Bonchev–Trinajstić information content (AvgIpc) is 3.34. The Morgan fingerprint density at radius 3 is 3.12 bits per heavy atom. The highest BCUT2D eigenvalue weighted by Gasteiger charge is 2.35. The molecule has 24 heavy (non-hydrogen) atoms. The highest BCUT2D eigenvalue weighted by atomic mass is 32.1. The first-order valence-corrected chi connectivity index (χ1v) is 8.40. The molecule has 3 aromatic heterocycles. The van der Waals surface area contributed by atoms with Gasteiger partial charge in [-0.25, -0.2) is 0 Å². The van der Waals surface area contributed by atoms with Gasteiger partial charge in [0.1, 0.15) is 0 Å². The number of carbonyl (C=O) groups is 1. The number of hydrogen-bond acceptors (Lipinski definition) is 7. The van der Waals surface area contributed by atoms with E-state index in [1.165, 1.54) is 11.3 Å². The molecule has 0 saturated carbocycles. The Labute approximate surface area is 141 Å². The summed E-state index contributed by atoms with van der Waals surface area (Å²) in [5, 5.41) is 19.5. The minimum atomic E-state index is -0.162. The maximum absolute atomic E-state index is 12.6. The molecule has 0 aromatic carbocycles. The molecule has 0 spiro atoms. The van der Waals surface area contributed by atoms with Crippen molar-refractivity contribution >= 4 is 22.4 Å². The molecular formula is C15H16N6O2S. The zero-order chi connectivity index (χ0) is 16.5. The molecule has 1 aliphatic rings. The summed E-state index contributed by atoms with van der Waals surface area (Å²) in [6.45, 7) is 1.40. The Morgan fingerprint density at radius 1 is 1.46 bits per heavy atom. The van der Waals surface area contributed by atoms with Crippen molar-refractivity contribution in [1.82, 2.24) is 25.3 Å². The van der Waals surface area contributed by atoms with Crippen molar-refractivity contribution in [2.45, 2.75) is 5.92 Å². The maximum Gasteiger partial charge on any atom is 0.231 e. The minimum Gasteiger partial charge on any atom is -0.462 e. The molecule has 8 nitrogen and oxygen atoms in total. The first-order valence-electron chi connectivity index (χ1n) is 7.58. The second kappa shape index (κ2) is 6.17. The lowest BCUT2D eigenvalue weighted by Gasteiger charge is -2.15. The van der Waals surface area contributed by atoms with Crippen LogP contribution in [-0.4, -0.2) is 39.0 Å². The van der Waals surface area contributed by atoms with E-state index in [1.807, 2.05) is 25.5 Å². The normalized spacial score (nSPS) is 20.4. The highest BCUT2D eigenvalue weighted by Crippen LogP contribution is 2.30. The fourth-order valence-corrected chi connectivity index (χ4v) is 3.62. The lowest BCUT2D eigenvalue weighted by atomic mass is 9.90. The van der Waals surface area contributed by atoms with Gasteiger partial charge in [-0.2, -0.15) is 5.10 Å². The van der Waals surface area contributed by atoms with Crippen molar-refractivity contribution in [2.24, 2.45) is 13.0 Å². The van der Waals surface area contributed by atoms with Crippen LogP contribution < -0.4 is 10.6 Å². The molecular weight excluding hydrogens is 328 g/mol. The average molecular weight is 344 g/mol. The molecule has 2 N–H and O–H groups in total. The van der Waals surface area contributed by atoms with Gasteiger partial charge in [-0.3, -0.25) is 9.48 Å². The molecule has 1 fully saturated rings. The van der Waals surface area contributed by atoms with E-state index in [2.05, 4.69) is 25.9 Å². The lowest BCUT2D eigenvalue weighted by molar-refractivity contribution is -0.119. The predicted molar refractivity (Wildman–Crippen MR) is 88.5 cm³/mol. The molecule has 9 heteroatoms. The number of carbonyl (C=O) groups excluding carboxylic acids is 1. The first kappa shape index (κ1) is 15.0. The summed E-state index contributed by atoms with van der Waals surface area (Å²) in [6, 6.07) is 3.60. The zero-order valence-corrected chi connectivity index (χ0v) is 13.8. The number of hydrogen-bond donors (Lipinski definition) is 2. The molecule has 4 heterocycles. The van der Waals surface area contributed by atoms with E-state index in [-0.39, 0.29) is 17.7 Å². The van der Waals surface area contributed by atoms with Gasteiger partial charge in [0.25, 0.3) is 0 Å². The quantitative estimate of drug-likeness (QED) is 0.744. The number of aryl methyl sites for hydroxylation is 1. The van der Waals surface area contributed by atoms with Gasteiger partial charge in [0.05, 0.1) is 18.4 Å². The number of furan rings is 1. The van der Waals surface area contributed by atoms with Crippen molar-refractivity contribution in [3.63, 3.8) is 0 Å². The van der Waals surface area contributed by atoms with Crippen LogP contribution in [0.4, 0.5) is 5.13 Å². The molecule has 2 atom stereocenters. The Balaban J connectivity index is 1.47. The second-order valence-corrected chi connectivity index (χ2v) is 6.68. The number of amides is 1. The van der Waals surface area contributed by atoms with Crippen LogP contribution in [-0.2, 0) is 11.8 Å². The minimum absolute atomic E-state index is 0.0593. The smallest absolute Gasteiger partial charge is 0.231 e. The third-order valence-electron chi connectivity index (χ3n) is 4.09. The second-order valence-electron chi connectivity index (χ2n) is 5.70. The van der Waals surface area contributed by atoms with Crippen LogP contribution in [0.1, 0.15) is 11.5 Å². The number of nitrogens with zero attached hydrogens (tertiary/aromatic N) is 4. The largest absolute Gasteiger partial charge is 0.462 e. The molecule has 1 aliphatic heterocycles. The van der Waals surface area contributed by atoms with Gasteiger partial charge in [0, 0.05) is 32.3 Å². The fraction of sp³-hybridized carbons (Fsp3) is 0.333. The number of nitrogens with one attached hydrogen (secondary N) is 2. The summed E-state index contributed by atoms with van der Waals surface area (Å²) in [6.07, 6.45) is 5.35. The number of rotatable bonds is 4. The summed E-state index contributed by atoms with van der Waals surface area (Å²) in [5.41, 5.74) is 1.07. The van der Waals surface area contributed by atoms with Crippen LogP contribution in [0.3, 0.4) is 0 Å². The van der Waals surface area contributed by atoms with Crippen molar-refractivity contribution in [1.29, 1.82) is 0 Å². The predicted octanol–water partition coefficient (Wildman–Crippen LogP) is 1.47.